The predicted molar refractivity (Wildman–Crippen MR) is 79.0 cm³/mol. The van der Waals surface area contributed by atoms with E-state index in [1.807, 2.05) is 12.4 Å². The summed E-state index contributed by atoms with van der Waals surface area (Å²) < 4.78 is 7.50. The molecule has 118 valence electrons. The molecule has 6 nitrogen and oxygen atoms in total. The number of ether oxygens (including phenoxy) is 1. The van der Waals surface area contributed by atoms with Crippen LogP contribution in [0.5, 0.6) is 0 Å². The van der Waals surface area contributed by atoms with Crippen molar-refractivity contribution >= 4 is 5.97 Å². The predicted octanol–water partition coefficient (Wildman–Crippen LogP) is 1.60. The third kappa shape index (κ3) is 5.47. The normalized spacial score (nSPS) is 20.0. The molecule has 1 fully saturated rings. The Morgan fingerprint density at radius 1 is 1.57 bits per heavy atom. The molecule has 0 saturated carbocycles. The zero-order chi connectivity index (χ0) is 15.2. The van der Waals surface area contributed by atoms with E-state index in [4.69, 9.17) is 9.84 Å². The molecule has 1 aromatic heterocycles. The molecule has 1 atom stereocenters. The lowest BCUT2D eigenvalue weighted by Crippen LogP contribution is -2.42. The maximum atomic E-state index is 10.6. The van der Waals surface area contributed by atoms with Gasteiger partial charge in [-0.15, -0.1) is 0 Å². The topological polar surface area (TPSA) is 67.6 Å². The first-order valence-electron chi connectivity index (χ1n) is 7.60. The first-order chi connectivity index (χ1) is 10.0. The molecule has 21 heavy (non-hydrogen) atoms. The lowest BCUT2D eigenvalue weighted by Gasteiger charge is -2.33. The molecule has 1 aromatic rings. The van der Waals surface area contributed by atoms with E-state index < -0.39 is 5.97 Å². The molecule has 0 amide bonds. The van der Waals surface area contributed by atoms with Crippen molar-refractivity contribution in [2.75, 3.05) is 19.7 Å². The van der Waals surface area contributed by atoms with Crippen LogP contribution >= 0.6 is 0 Å². The second-order valence-corrected chi connectivity index (χ2v) is 6.11. The molecular weight excluding hydrogens is 270 g/mol. The van der Waals surface area contributed by atoms with E-state index in [2.05, 4.69) is 23.8 Å². The first kappa shape index (κ1) is 16.0. The summed E-state index contributed by atoms with van der Waals surface area (Å²) in [5, 5.41) is 12.9. The number of aromatic nitrogens is 2. The van der Waals surface area contributed by atoms with Crippen molar-refractivity contribution in [2.45, 2.75) is 45.9 Å². The van der Waals surface area contributed by atoms with Gasteiger partial charge < -0.3 is 9.84 Å². The van der Waals surface area contributed by atoms with E-state index in [-0.39, 0.29) is 6.42 Å². The molecule has 1 saturated heterocycles. The fourth-order valence-electron chi connectivity index (χ4n) is 2.67. The highest BCUT2D eigenvalue weighted by Gasteiger charge is 2.21. The minimum Gasteiger partial charge on any atom is -0.481 e. The summed E-state index contributed by atoms with van der Waals surface area (Å²) in [5.41, 5.74) is 1.13. The fourth-order valence-corrected chi connectivity index (χ4v) is 2.67. The van der Waals surface area contributed by atoms with Crippen LogP contribution < -0.4 is 0 Å². The van der Waals surface area contributed by atoms with E-state index in [1.165, 1.54) is 0 Å². The van der Waals surface area contributed by atoms with E-state index in [0.29, 0.717) is 18.6 Å². The van der Waals surface area contributed by atoms with Crippen molar-refractivity contribution in [3.8, 4) is 0 Å². The monoisotopic (exact) mass is 295 g/mol. The molecule has 0 unspecified atom stereocenters. The number of carboxylic acid groups (broad SMARTS) is 1. The highest BCUT2D eigenvalue weighted by Crippen LogP contribution is 2.15. The molecule has 1 aliphatic rings. The van der Waals surface area contributed by atoms with Gasteiger partial charge >= 0.3 is 5.97 Å². The number of nitrogens with zero attached hydrogens (tertiary/aromatic N) is 3. The van der Waals surface area contributed by atoms with Gasteiger partial charge in [0, 0.05) is 31.4 Å². The van der Waals surface area contributed by atoms with Crippen molar-refractivity contribution in [2.24, 2.45) is 5.92 Å². The summed E-state index contributed by atoms with van der Waals surface area (Å²) in [6.45, 7) is 8.39. The molecule has 2 heterocycles. The number of carboxylic acids is 1. The average molecular weight is 295 g/mol. The zero-order valence-electron chi connectivity index (χ0n) is 12.9. The van der Waals surface area contributed by atoms with Gasteiger partial charge in [0.05, 0.1) is 31.9 Å². The lowest BCUT2D eigenvalue weighted by molar-refractivity contribution is -0.137. The largest absolute Gasteiger partial charge is 0.481 e. The van der Waals surface area contributed by atoms with Gasteiger partial charge in [-0.25, -0.2) is 0 Å². The molecule has 0 aromatic carbocycles. The lowest BCUT2D eigenvalue weighted by atomic mass is 10.0. The Morgan fingerprint density at radius 3 is 3.10 bits per heavy atom. The molecule has 0 radical (unpaired) electrons. The molecule has 0 spiro atoms. The number of carbonyl (C=O) groups is 1. The second kappa shape index (κ2) is 7.56. The summed E-state index contributed by atoms with van der Waals surface area (Å²) in [6.07, 6.45) is 5.29. The van der Waals surface area contributed by atoms with Gasteiger partial charge in [-0.3, -0.25) is 14.4 Å². The number of hydrogen-bond donors (Lipinski definition) is 1. The third-order valence-electron chi connectivity index (χ3n) is 3.60. The van der Waals surface area contributed by atoms with Crippen molar-refractivity contribution in [1.29, 1.82) is 0 Å². The minimum absolute atomic E-state index is 0.106. The minimum atomic E-state index is -0.795. The van der Waals surface area contributed by atoms with Crippen LogP contribution in [-0.2, 0) is 22.6 Å². The first-order valence-corrected chi connectivity index (χ1v) is 7.60. The number of hydrogen-bond acceptors (Lipinski definition) is 4. The van der Waals surface area contributed by atoms with Crippen LogP contribution in [0.1, 0.15) is 32.3 Å². The number of aliphatic carboxylic acids is 1. The van der Waals surface area contributed by atoms with Gasteiger partial charge in [0.15, 0.2) is 0 Å². The molecular formula is C15H25N3O3. The van der Waals surface area contributed by atoms with E-state index >= 15 is 0 Å². The standard InChI is InChI=1S/C15H25N3O3/c1-12(2)7-14-11-17(5-6-21-14)9-13-8-16-18(10-13)4-3-15(19)20/h8,10,12,14H,3-7,9,11H2,1-2H3,(H,19,20)/t14-/m1/s1. The molecule has 2 rings (SSSR count). The summed E-state index contributed by atoms with van der Waals surface area (Å²) in [6, 6.07) is 0. The number of morpholine rings is 1. The highest BCUT2D eigenvalue weighted by molar-refractivity contribution is 5.66. The molecule has 0 bridgehead atoms. The van der Waals surface area contributed by atoms with Crippen LogP contribution in [0, 0.1) is 5.92 Å². The Bertz CT molecular complexity index is 459. The van der Waals surface area contributed by atoms with E-state index in [1.54, 1.807) is 4.68 Å². The maximum Gasteiger partial charge on any atom is 0.305 e. The zero-order valence-corrected chi connectivity index (χ0v) is 12.9. The van der Waals surface area contributed by atoms with Crippen molar-refractivity contribution in [3.63, 3.8) is 0 Å². The van der Waals surface area contributed by atoms with Crippen molar-refractivity contribution < 1.29 is 14.6 Å². The Hall–Kier alpha value is -1.40. The third-order valence-corrected chi connectivity index (χ3v) is 3.60. The molecule has 1 aliphatic heterocycles. The summed E-state index contributed by atoms with van der Waals surface area (Å²) in [7, 11) is 0. The number of aryl methyl sites for hydroxylation is 1. The number of rotatable bonds is 7. The quantitative estimate of drug-likeness (QED) is 0.827. The van der Waals surface area contributed by atoms with Gasteiger partial charge in [0.1, 0.15) is 0 Å². The van der Waals surface area contributed by atoms with Crippen LogP contribution in [-0.4, -0.2) is 51.6 Å². The van der Waals surface area contributed by atoms with Crippen LogP contribution in [0.25, 0.3) is 0 Å². The van der Waals surface area contributed by atoms with Gasteiger partial charge in [-0.05, 0) is 12.3 Å². The molecule has 6 heteroatoms. The molecule has 0 aliphatic carbocycles. The second-order valence-electron chi connectivity index (χ2n) is 6.11. The maximum absolute atomic E-state index is 10.6. The van der Waals surface area contributed by atoms with Crippen LogP contribution in [0.3, 0.4) is 0 Å². The Kier molecular flexibility index (Phi) is 5.76. The van der Waals surface area contributed by atoms with Crippen molar-refractivity contribution in [3.05, 3.63) is 18.0 Å². The van der Waals surface area contributed by atoms with Gasteiger partial charge in [0.2, 0.25) is 0 Å². The Labute approximate surface area is 125 Å². The van der Waals surface area contributed by atoms with Crippen molar-refractivity contribution in [1.82, 2.24) is 14.7 Å². The van der Waals surface area contributed by atoms with E-state index in [9.17, 15) is 4.79 Å². The molecule has 1 N–H and O–H groups in total. The van der Waals surface area contributed by atoms with Gasteiger partial charge in [0.25, 0.3) is 0 Å². The smallest absolute Gasteiger partial charge is 0.305 e. The summed E-state index contributed by atoms with van der Waals surface area (Å²) in [5.74, 6) is -0.148. The Balaban J connectivity index is 1.82. The van der Waals surface area contributed by atoms with Crippen LogP contribution in [0.4, 0.5) is 0 Å². The SMILES string of the molecule is CC(C)C[C@@H]1CN(Cc2cnn(CCC(=O)O)c2)CCO1. The fraction of sp³-hybridized carbons (Fsp3) is 0.733. The van der Waals surface area contributed by atoms with Crippen LogP contribution in [0.15, 0.2) is 12.4 Å². The Morgan fingerprint density at radius 2 is 2.38 bits per heavy atom. The summed E-state index contributed by atoms with van der Waals surface area (Å²) >= 11 is 0. The summed E-state index contributed by atoms with van der Waals surface area (Å²) in [4.78, 5) is 12.9. The average Bonchev–Trinajstić information content (AvgIpc) is 2.83. The van der Waals surface area contributed by atoms with Gasteiger partial charge in [-0.1, -0.05) is 13.8 Å². The van der Waals surface area contributed by atoms with Crippen LogP contribution in [0.2, 0.25) is 0 Å². The van der Waals surface area contributed by atoms with E-state index in [0.717, 1.165) is 38.2 Å². The van der Waals surface area contributed by atoms with Gasteiger partial charge in [-0.2, -0.15) is 5.10 Å². The highest BCUT2D eigenvalue weighted by atomic mass is 16.5.